The molecule has 6 heteroatoms. The minimum Gasteiger partial charge on any atom is -0.450 e. The summed E-state index contributed by atoms with van der Waals surface area (Å²) in [6.07, 6.45) is 0. The molecule has 0 N–H and O–H groups in total. The summed E-state index contributed by atoms with van der Waals surface area (Å²) in [6, 6.07) is 10.0. The first-order valence-electron chi connectivity index (χ1n) is 5.37. The number of halogens is 2. The largest absolute Gasteiger partial charge is 0.450 e. The van der Waals surface area contributed by atoms with E-state index in [1.54, 1.807) is 24.3 Å². The van der Waals surface area contributed by atoms with Crippen molar-refractivity contribution < 1.29 is 14.1 Å². The van der Waals surface area contributed by atoms with Gasteiger partial charge in [-0.3, -0.25) is 10.1 Å². The maximum atomic E-state index is 13.0. The van der Waals surface area contributed by atoms with Gasteiger partial charge in [-0.15, -0.1) is 11.6 Å². The molecule has 0 radical (unpaired) electrons. The van der Waals surface area contributed by atoms with Gasteiger partial charge >= 0.3 is 5.69 Å². The predicted molar refractivity (Wildman–Crippen MR) is 69.1 cm³/mol. The Morgan fingerprint density at radius 3 is 2.63 bits per heavy atom. The number of nitro benzene ring substituents is 1. The van der Waals surface area contributed by atoms with Crippen LogP contribution in [0.3, 0.4) is 0 Å². The average Bonchev–Trinajstić information content (AvgIpc) is 2.41. The van der Waals surface area contributed by atoms with Crippen molar-refractivity contribution in [2.45, 2.75) is 5.88 Å². The van der Waals surface area contributed by atoms with Crippen LogP contribution in [0, 0.1) is 15.9 Å². The van der Waals surface area contributed by atoms with Crippen molar-refractivity contribution in [3.63, 3.8) is 0 Å². The molecule has 0 amide bonds. The third kappa shape index (κ3) is 3.00. The van der Waals surface area contributed by atoms with Gasteiger partial charge in [0.05, 0.1) is 16.9 Å². The smallest absolute Gasteiger partial charge is 0.314 e. The molecule has 0 saturated heterocycles. The second kappa shape index (κ2) is 5.67. The molecule has 0 heterocycles. The van der Waals surface area contributed by atoms with E-state index in [0.29, 0.717) is 11.3 Å². The highest BCUT2D eigenvalue weighted by molar-refractivity contribution is 6.17. The van der Waals surface area contributed by atoms with Crippen LogP contribution in [0.15, 0.2) is 42.5 Å². The van der Waals surface area contributed by atoms with Crippen LogP contribution in [0.25, 0.3) is 0 Å². The topological polar surface area (TPSA) is 52.4 Å². The molecular weight excluding hydrogens is 273 g/mol. The summed E-state index contributed by atoms with van der Waals surface area (Å²) in [5, 5.41) is 10.9. The Bertz CT molecular complexity index is 619. The van der Waals surface area contributed by atoms with Crippen molar-refractivity contribution in [3.8, 4) is 11.5 Å². The monoisotopic (exact) mass is 281 g/mol. The molecule has 2 aromatic rings. The number of para-hydroxylation sites is 1. The molecule has 98 valence electrons. The zero-order chi connectivity index (χ0) is 13.8. The van der Waals surface area contributed by atoms with Gasteiger partial charge in [0.15, 0.2) is 0 Å². The third-order valence-corrected chi connectivity index (χ3v) is 2.74. The molecule has 0 bridgehead atoms. The van der Waals surface area contributed by atoms with Crippen molar-refractivity contribution in [3.05, 3.63) is 64.0 Å². The van der Waals surface area contributed by atoms with E-state index in [4.69, 9.17) is 16.3 Å². The van der Waals surface area contributed by atoms with Gasteiger partial charge in [0.25, 0.3) is 0 Å². The van der Waals surface area contributed by atoms with E-state index >= 15 is 0 Å². The number of hydrogen-bond donors (Lipinski definition) is 0. The summed E-state index contributed by atoms with van der Waals surface area (Å²) >= 11 is 5.75. The normalized spacial score (nSPS) is 10.2. The number of nitrogens with zero attached hydrogens (tertiary/aromatic N) is 1. The highest BCUT2D eigenvalue weighted by Gasteiger charge is 2.17. The fourth-order valence-electron chi connectivity index (χ4n) is 1.55. The first-order valence-corrected chi connectivity index (χ1v) is 5.91. The van der Waals surface area contributed by atoms with Crippen molar-refractivity contribution >= 4 is 17.3 Å². The predicted octanol–water partition coefficient (Wildman–Crippen LogP) is 4.27. The molecule has 2 rings (SSSR count). The second-order valence-electron chi connectivity index (χ2n) is 3.71. The van der Waals surface area contributed by atoms with E-state index < -0.39 is 16.4 Å². The molecule has 0 aliphatic heterocycles. The van der Waals surface area contributed by atoms with Crippen LogP contribution in [0.4, 0.5) is 10.1 Å². The van der Waals surface area contributed by atoms with Crippen molar-refractivity contribution in [1.29, 1.82) is 0 Å². The minimum atomic E-state index is -0.693. The summed E-state index contributed by atoms with van der Waals surface area (Å²) < 4.78 is 18.5. The molecule has 0 aliphatic carbocycles. The van der Waals surface area contributed by atoms with Gasteiger partial charge < -0.3 is 4.74 Å². The van der Waals surface area contributed by atoms with Gasteiger partial charge in [0, 0.05) is 5.56 Å². The minimum absolute atomic E-state index is 0.0241. The Hall–Kier alpha value is -2.14. The summed E-state index contributed by atoms with van der Waals surface area (Å²) in [4.78, 5) is 10.2. The Labute approximate surface area is 113 Å². The average molecular weight is 282 g/mol. The lowest BCUT2D eigenvalue weighted by Gasteiger charge is -2.09. The second-order valence-corrected chi connectivity index (χ2v) is 3.98. The van der Waals surface area contributed by atoms with E-state index in [0.717, 1.165) is 12.1 Å². The van der Waals surface area contributed by atoms with Crippen LogP contribution in [-0.2, 0) is 5.88 Å². The molecule has 0 atom stereocenters. The Morgan fingerprint density at radius 1 is 1.21 bits per heavy atom. The van der Waals surface area contributed by atoms with Gasteiger partial charge in [0.1, 0.15) is 11.6 Å². The van der Waals surface area contributed by atoms with Crippen LogP contribution in [0.5, 0.6) is 11.5 Å². The van der Waals surface area contributed by atoms with Gasteiger partial charge in [-0.2, -0.15) is 0 Å². The number of rotatable bonds is 4. The van der Waals surface area contributed by atoms with Crippen LogP contribution in [0.2, 0.25) is 0 Å². The third-order valence-electron chi connectivity index (χ3n) is 2.45. The molecule has 4 nitrogen and oxygen atoms in total. The van der Waals surface area contributed by atoms with Crippen LogP contribution < -0.4 is 4.74 Å². The lowest BCUT2D eigenvalue weighted by atomic mass is 10.2. The molecule has 0 spiro atoms. The fourth-order valence-corrected chi connectivity index (χ4v) is 1.77. The molecule has 0 aliphatic rings. The van der Waals surface area contributed by atoms with E-state index in [1.807, 2.05) is 0 Å². The first-order chi connectivity index (χ1) is 9.11. The van der Waals surface area contributed by atoms with Crippen molar-refractivity contribution in [2.75, 3.05) is 0 Å². The highest BCUT2D eigenvalue weighted by atomic mass is 35.5. The number of benzene rings is 2. The number of nitro groups is 1. The standard InChI is InChI=1S/C13H9ClFNO3/c14-8-9-3-1-2-4-12(9)19-13-6-5-10(15)7-11(13)16(17)18/h1-7H,8H2. The SMILES string of the molecule is O=[N+]([O-])c1cc(F)ccc1Oc1ccccc1CCl. The quantitative estimate of drug-likeness (QED) is 0.478. The molecular formula is C13H9ClFNO3. The molecule has 19 heavy (non-hydrogen) atoms. The number of hydrogen-bond acceptors (Lipinski definition) is 3. The fraction of sp³-hybridized carbons (Fsp3) is 0.0769. The van der Waals surface area contributed by atoms with E-state index in [2.05, 4.69) is 0 Å². The Morgan fingerprint density at radius 2 is 1.95 bits per heavy atom. The lowest BCUT2D eigenvalue weighted by molar-refractivity contribution is -0.385. The van der Waals surface area contributed by atoms with Crippen molar-refractivity contribution in [1.82, 2.24) is 0 Å². The molecule has 0 aromatic heterocycles. The zero-order valence-electron chi connectivity index (χ0n) is 9.68. The van der Waals surface area contributed by atoms with Crippen molar-refractivity contribution in [2.24, 2.45) is 0 Å². The highest BCUT2D eigenvalue weighted by Crippen LogP contribution is 2.33. The Kier molecular flexibility index (Phi) is 3.97. The summed E-state index contributed by atoms with van der Waals surface area (Å²) in [5.74, 6) is -0.0913. The summed E-state index contributed by atoms with van der Waals surface area (Å²) in [5.41, 5.74) is 0.271. The van der Waals surface area contributed by atoms with Crippen LogP contribution >= 0.6 is 11.6 Å². The molecule has 0 fully saturated rings. The van der Waals surface area contributed by atoms with Crippen LogP contribution in [-0.4, -0.2) is 4.92 Å². The Balaban J connectivity index is 2.41. The van der Waals surface area contributed by atoms with Gasteiger partial charge in [-0.1, -0.05) is 18.2 Å². The maximum Gasteiger partial charge on any atom is 0.314 e. The lowest BCUT2D eigenvalue weighted by Crippen LogP contribution is -1.96. The zero-order valence-corrected chi connectivity index (χ0v) is 10.4. The van der Waals surface area contributed by atoms with E-state index in [1.165, 1.54) is 6.07 Å². The number of ether oxygens (including phenoxy) is 1. The first kappa shape index (κ1) is 13.3. The van der Waals surface area contributed by atoms with Gasteiger partial charge in [-0.05, 0) is 18.2 Å². The molecule has 0 saturated carbocycles. The van der Waals surface area contributed by atoms with Gasteiger partial charge in [-0.25, -0.2) is 4.39 Å². The van der Waals surface area contributed by atoms with Gasteiger partial charge in [0.2, 0.25) is 5.75 Å². The molecule has 2 aromatic carbocycles. The summed E-state index contributed by atoms with van der Waals surface area (Å²) in [7, 11) is 0. The number of alkyl halides is 1. The molecule has 0 unspecified atom stereocenters. The summed E-state index contributed by atoms with van der Waals surface area (Å²) in [6.45, 7) is 0. The van der Waals surface area contributed by atoms with E-state index in [-0.39, 0.29) is 11.6 Å². The maximum absolute atomic E-state index is 13.0. The van der Waals surface area contributed by atoms with Crippen LogP contribution in [0.1, 0.15) is 5.56 Å². The van der Waals surface area contributed by atoms with E-state index in [9.17, 15) is 14.5 Å².